The largest absolute Gasteiger partial charge is 0.492 e. The van der Waals surface area contributed by atoms with Gasteiger partial charge < -0.3 is 19.9 Å². The molecular weight excluding hydrogens is 378 g/mol. The topological polar surface area (TPSA) is 67.8 Å². The smallest absolute Gasteiger partial charge is 0.162 e. The van der Waals surface area contributed by atoms with E-state index in [1.807, 2.05) is 61.5 Å². The fraction of sp³-hybridized carbons (Fsp3) is 0.409. The zero-order chi connectivity index (χ0) is 19.3. The van der Waals surface area contributed by atoms with Crippen molar-refractivity contribution in [1.82, 2.24) is 5.32 Å². The van der Waals surface area contributed by atoms with Gasteiger partial charge in [-0.05, 0) is 29.7 Å². The number of ether oxygens (including phenoxy) is 2. The molecule has 0 radical (unpaired) electrons. The van der Waals surface area contributed by atoms with Crippen LogP contribution in [0.3, 0.4) is 0 Å². The van der Waals surface area contributed by atoms with Crippen LogP contribution in [0.15, 0.2) is 54.6 Å². The third-order valence-electron chi connectivity index (χ3n) is 4.01. The number of hydrogen-bond donors (Lipinski definition) is 2. The fourth-order valence-corrected chi connectivity index (χ4v) is 2.59. The average Bonchev–Trinajstić information content (AvgIpc) is 2.69. The van der Waals surface area contributed by atoms with Gasteiger partial charge in [0.15, 0.2) is 5.78 Å². The predicted molar refractivity (Wildman–Crippen MR) is 113 cm³/mol. The molecule has 1 unspecified atom stereocenters. The van der Waals surface area contributed by atoms with Crippen molar-refractivity contribution in [2.24, 2.45) is 0 Å². The van der Waals surface area contributed by atoms with Crippen LogP contribution in [0, 0.1) is 0 Å². The van der Waals surface area contributed by atoms with E-state index < -0.39 is 6.10 Å². The molecule has 2 rings (SSSR count). The fourth-order valence-electron chi connectivity index (χ4n) is 2.59. The second-order valence-corrected chi connectivity index (χ2v) is 6.39. The zero-order valence-corrected chi connectivity index (χ0v) is 17.1. The molecule has 2 aromatic rings. The summed E-state index contributed by atoms with van der Waals surface area (Å²) in [6.45, 7) is 4.43. The Bertz CT molecular complexity index is 664. The number of benzene rings is 2. The van der Waals surface area contributed by atoms with Crippen LogP contribution in [-0.4, -0.2) is 43.8 Å². The first-order valence-electron chi connectivity index (χ1n) is 9.44. The lowest BCUT2D eigenvalue weighted by molar-refractivity contribution is -0.122. The molecule has 0 fully saturated rings. The van der Waals surface area contributed by atoms with Crippen LogP contribution in [-0.2, 0) is 16.0 Å². The van der Waals surface area contributed by atoms with Crippen molar-refractivity contribution in [1.29, 1.82) is 0 Å². The Morgan fingerprint density at radius 3 is 2.46 bits per heavy atom. The van der Waals surface area contributed by atoms with E-state index in [1.54, 1.807) is 0 Å². The summed E-state index contributed by atoms with van der Waals surface area (Å²) in [5.41, 5.74) is 1.85. The van der Waals surface area contributed by atoms with E-state index in [4.69, 9.17) is 9.47 Å². The van der Waals surface area contributed by atoms with E-state index >= 15 is 0 Å². The van der Waals surface area contributed by atoms with Crippen molar-refractivity contribution >= 4 is 18.2 Å². The van der Waals surface area contributed by atoms with Gasteiger partial charge in [-0.1, -0.05) is 49.4 Å². The van der Waals surface area contributed by atoms with E-state index in [9.17, 15) is 9.90 Å². The molecule has 0 amide bonds. The van der Waals surface area contributed by atoms with E-state index in [1.165, 1.54) is 0 Å². The maximum atomic E-state index is 11.8. The predicted octanol–water partition coefficient (Wildman–Crippen LogP) is 3.35. The number of halogens is 1. The third-order valence-corrected chi connectivity index (χ3v) is 4.01. The molecule has 0 heterocycles. The molecule has 5 nitrogen and oxygen atoms in total. The highest BCUT2D eigenvalue weighted by Gasteiger charge is 2.06. The summed E-state index contributed by atoms with van der Waals surface area (Å²) in [6.07, 6.45) is 0.770. The van der Waals surface area contributed by atoms with Gasteiger partial charge in [0.25, 0.3) is 0 Å². The van der Waals surface area contributed by atoms with Crippen molar-refractivity contribution in [3.05, 3.63) is 65.7 Å². The lowest BCUT2D eigenvalue weighted by Crippen LogP contribution is -2.26. The number of nitrogens with one attached hydrogen (secondary N) is 1. The molecular formula is C22H30ClNO4. The summed E-state index contributed by atoms with van der Waals surface area (Å²) in [6, 6.07) is 17.1. The molecule has 6 heteroatoms. The number of Topliss-reactive ketones (excluding diaryl/α,β-unsaturated/α-hetero) is 1. The van der Waals surface area contributed by atoms with E-state index in [0.29, 0.717) is 32.7 Å². The normalized spacial score (nSPS) is 11.5. The van der Waals surface area contributed by atoms with Gasteiger partial charge in [0.1, 0.15) is 19.0 Å². The number of hydrogen-bond acceptors (Lipinski definition) is 5. The number of carbonyl (C=O) groups is 1. The van der Waals surface area contributed by atoms with Gasteiger partial charge in [0.2, 0.25) is 0 Å². The molecule has 154 valence electrons. The van der Waals surface area contributed by atoms with Crippen molar-refractivity contribution in [2.75, 3.05) is 32.9 Å². The van der Waals surface area contributed by atoms with Crippen molar-refractivity contribution in [3.63, 3.8) is 0 Å². The van der Waals surface area contributed by atoms with Crippen LogP contribution in [0.4, 0.5) is 0 Å². The first-order valence-corrected chi connectivity index (χ1v) is 9.44. The molecule has 28 heavy (non-hydrogen) atoms. The van der Waals surface area contributed by atoms with Crippen LogP contribution >= 0.6 is 12.4 Å². The minimum atomic E-state index is -0.524. The summed E-state index contributed by atoms with van der Waals surface area (Å²) < 4.78 is 10.9. The van der Waals surface area contributed by atoms with Crippen LogP contribution in [0.2, 0.25) is 0 Å². The molecule has 2 N–H and O–H groups in total. The van der Waals surface area contributed by atoms with Gasteiger partial charge in [0.05, 0.1) is 6.10 Å². The molecule has 0 aliphatic heterocycles. The lowest BCUT2D eigenvalue weighted by atomic mass is 10.1. The number of aliphatic hydroxyl groups excluding tert-OH is 1. The highest BCUT2D eigenvalue weighted by atomic mass is 35.5. The highest BCUT2D eigenvalue weighted by Crippen LogP contribution is 2.13. The Labute approximate surface area is 173 Å². The Morgan fingerprint density at radius 2 is 1.79 bits per heavy atom. The van der Waals surface area contributed by atoms with Crippen LogP contribution in [0.5, 0.6) is 5.75 Å². The van der Waals surface area contributed by atoms with Gasteiger partial charge >= 0.3 is 0 Å². The molecule has 0 bridgehead atoms. The van der Waals surface area contributed by atoms with Crippen molar-refractivity contribution < 1.29 is 19.4 Å². The summed E-state index contributed by atoms with van der Waals surface area (Å²) in [4.78, 5) is 11.8. The third kappa shape index (κ3) is 9.33. The van der Waals surface area contributed by atoms with Gasteiger partial charge in [-0.3, -0.25) is 4.79 Å². The summed E-state index contributed by atoms with van der Waals surface area (Å²) in [7, 11) is 0. The Hall–Kier alpha value is -1.92. The Kier molecular flexibility index (Phi) is 12.2. The number of ketones is 1. The monoisotopic (exact) mass is 407 g/mol. The number of aliphatic hydroxyl groups is 1. The Balaban J connectivity index is 0.00000392. The first-order chi connectivity index (χ1) is 13.2. The molecule has 0 saturated heterocycles. The van der Waals surface area contributed by atoms with Gasteiger partial charge in [-0.2, -0.15) is 0 Å². The van der Waals surface area contributed by atoms with Gasteiger partial charge in [-0.25, -0.2) is 0 Å². The maximum Gasteiger partial charge on any atom is 0.162 e. The summed E-state index contributed by atoms with van der Waals surface area (Å²) >= 11 is 0. The van der Waals surface area contributed by atoms with Crippen LogP contribution in [0.1, 0.15) is 30.6 Å². The van der Waals surface area contributed by atoms with Crippen LogP contribution < -0.4 is 10.1 Å². The molecule has 0 aromatic heterocycles. The number of carbonyl (C=O) groups excluding carboxylic acids is 1. The van der Waals surface area contributed by atoms with Gasteiger partial charge in [0, 0.05) is 26.1 Å². The summed E-state index contributed by atoms with van der Waals surface area (Å²) in [5, 5.41) is 13.2. The molecule has 0 aliphatic rings. The number of rotatable bonds is 13. The maximum absolute atomic E-state index is 11.8. The minimum Gasteiger partial charge on any atom is -0.492 e. The SMILES string of the molecule is CCCOCC(=O)Cc1ccc(OCCNCC(O)c2ccccc2)cc1.Cl. The van der Waals surface area contributed by atoms with E-state index in [2.05, 4.69) is 5.32 Å². The summed E-state index contributed by atoms with van der Waals surface area (Å²) in [5.74, 6) is 0.845. The molecule has 0 spiro atoms. The zero-order valence-electron chi connectivity index (χ0n) is 16.3. The second-order valence-electron chi connectivity index (χ2n) is 6.39. The van der Waals surface area contributed by atoms with Crippen molar-refractivity contribution in [3.8, 4) is 5.75 Å². The Morgan fingerprint density at radius 1 is 1.07 bits per heavy atom. The molecule has 0 saturated carbocycles. The van der Waals surface area contributed by atoms with E-state index in [0.717, 1.165) is 23.3 Å². The molecule has 0 aliphatic carbocycles. The van der Waals surface area contributed by atoms with Crippen molar-refractivity contribution in [2.45, 2.75) is 25.9 Å². The molecule has 2 aromatic carbocycles. The highest BCUT2D eigenvalue weighted by molar-refractivity contribution is 5.85. The average molecular weight is 408 g/mol. The van der Waals surface area contributed by atoms with Crippen LogP contribution in [0.25, 0.3) is 0 Å². The quantitative estimate of drug-likeness (QED) is 0.498. The van der Waals surface area contributed by atoms with E-state index in [-0.39, 0.29) is 24.8 Å². The molecule has 1 atom stereocenters. The van der Waals surface area contributed by atoms with Gasteiger partial charge in [-0.15, -0.1) is 12.4 Å². The lowest BCUT2D eigenvalue weighted by Gasteiger charge is -2.12. The second kappa shape index (κ2) is 14.1. The first kappa shape index (κ1) is 24.1. The minimum absolute atomic E-state index is 0. The standard InChI is InChI=1S/C22H29NO4.ClH/c1-2-13-26-17-20(24)15-18-8-10-21(11-9-18)27-14-12-23-16-22(25)19-6-4-3-5-7-19;/h3-11,22-23,25H,2,12-17H2,1H3;1H.